The number of carbonyl (C=O) groups excluding carboxylic acids is 1. The van der Waals surface area contributed by atoms with Crippen LogP contribution in [-0.4, -0.2) is 42.5 Å². The van der Waals surface area contributed by atoms with E-state index in [-0.39, 0.29) is 12.5 Å². The lowest BCUT2D eigenvalue weighted by atomic mass is 9.45. The molecule has 3 rings (SSSR count). The highest BCUT2D eigenvalue weighted by atomic mass is 16.5. The molecule has 5 atom stereocenters. The van der Waals surface area contributed by atoms with Gasteiger partial charge in [-0.2, -0.15) is 0 Å². The molecule has 0 aromatic rings. The van der Waals surface area contributed by atoms with E-state index in [0.717, 1.165) is 6.42 Å². The summed E-state index contributed by atoms with van der Waals surface area (Å²) in [6, 6.07) is 0. The van der Waals surface area contributed by atoms with Crippen LogP contribution >= 0.6 is 0 Å². The Morgan fingerprint density at radius 1 is 1.39 bits per heavy atom. The average Bonchev–Trinajstić information content (AvgIpc) is 2.48. The Labute approximate surface area is 139 Å². The number of fused-ring (bicyclic) bond motifs is 2. The summed E-state index contributed by atoms with van der Waals surface area (Å²) < 4.78 is 10.4. The molecule has 0 radical (unpaired) electrons. The summed E-state index contributed by atoms with van der Waals surface area (Å²) in [6.07, 6.45) is 3.34. The lowest BCUT2D eigenvalue weighted by Gasteiger charge is -2.62. The zero-order chi connectivity index (χ0) is 17.2. The minimum absolute atomic E-state index is 0.00551. The Morgan fingerprint density at radius 3 is 2.65 bits per heavy atom. The van der Waals surface area contributed by atoms with Crippen molar-refractivity contribution in [1.82, 2.24) is 0 Å². The van der Waals surface area contributed by atoms with Crippen molar-refractivity contribution >= 4 is 13.1 Å². The van der Waals surface area contributed by atoms with Crippen LogP contribution in [0.3, 0.4) is 0 Å². The maximum absolute atomic E-state index is 11.0. The van der Waals surface area contributed by atoms with E-state index in [4.69, 9.17) is 4.65 Å². The van der Waals surface area contributed by atoms with Crippen LogP contribution in [0.5, 0.6) is 0 Å². The molecule has 3 aliphatic rings. The Bertz CT molecular complexity index is 414. The molecule has 23 heavy (non-hydrogen) atoms. The minimum Gasteiger partial charge on any atom is -0.469 e. The first kappa shape index (κ1) is 18.7. The molecule has 3 fully saturated rings. The second-order valence-corrected chi connectivity index (χ2v) is 7.95. The Morgan fingerprint density at radius 2 is 2.09 bits per heavy atom. The monoisotopic (exact) mass is 326 g/mol. The quantitative estimate of drug-likeness (QED) is 0.528. The number of methoxy groups -OCH3 is 1. The number of carbonyl (C=O) groups is 1. The topological polar surface area (TPSA) is 76.0 Å². The van der Waals surface area contributed by atoms with Crippen LogP contribution in [-0.2, 0) is 14.2 Å². The molecule has 0 saturated heterocycles. The molecule has 132 valence electrons. The van der Waals surface area contributed by atoms with Crippen LogP contribution in [0.15, 0.2) is 0 Å². The fourth-order valence-electron chi connectivity index (χ4n) is 4.46. The van der Waals surface area contributed by atoms with Gasteiger partial charge in [-0.25, -0.2) is 0 Å². The van der Waals surface area contributed by atoms with Crippen LogP contribution in [0, 0.1) is 23.2 Å². The smallest absolute Gasteiger partial charge is 0.454 e. The molecule has 0 aromatic heterocycles. The molecule has 0 unspecified atom stereocenters. The van der Waals surface area contributed by atoms with Crippen LogP contribution in [0.4, 0.5) is 0 Å². The predicted octanol–water partition coefficient (Wildman–Crippen LogP) is 2.26. The summed E-state index contributed by atoms with van der Waals surface area (Å²) in [7, 11) is 0.525. The predicted molar refractivity (Wildman–Crippen MR) is 88.7 cm³/mol. The summed E-state index contributed by atoms with van der Waals surface area (Å²) in [5.74, 6) is 1.48. The molecule has 0 aliphatic heterocycles. The highest BCUT2D eigenvalue weighted by Crippen LogP contribution is 2.61. The van der Waals surface area contributed by atoms with Gasteiger partial charge in [0, 0.05) is 6.10 Å². The normalized spacial score (nSPS) is 32.8. The van der Waals surface area contributed by atoms with Gasteiger partial charge >= 0.3 is 13.1 Å². The van der Waals surface area contributed by atoms with Gasteiger partial charge in [0.25, 0.3) is 0 Å². The first-order valence-corrected chi connectivity index (χ1v) is 8.84. The van der Waals surface area contributed by atoms with Gasteiger partial charge < -0.3 is 19.5 Å². The fraction of sp³-hybridized carbons (Fsp3) is 0.941. The van der Waals surface area contributed by atoms with Crippen molar-refractivity contribution in [3.05, 3.63) is 0 Å². The van der Waals surface area contributed by atoms with E-state index in [0.29, 0.717) is 42.3 Å². The zero-order valence-electron chi connectivity index (χ0n) is 14.8. The summed E-state index contributed by atoms with van der Waals surface area (Å²) in [5, 5.41) is 19.8. The van der Waals surface area contributed by atoms with Crippen LogP contribution < -0.4 is 0 Å². The highest BCUT2D eigenvalue weighted by Gasteiger charge is 2.56. The van der Waals surface area contributed by atoms with Crippen molar-refractivity contribution in [2.75, 3.05) is 7.11 Å². The number of rotatable bonds is 8. The first-order valence-electron chi connectivity index (χ1n) is 8.84. The van der Waals surface area contributed by atoms with Gasteiger partial charge in [0.1, 0.15) is 0 Å². The van der Waals surface area contributed by atoms with Crippen molar-refractivity contribution in [3.8, 4) is 0 Å². The molecule has 0 heterocycles. The van der Waals surface area contributed by atoms with E-state index in [2.05, 4.69) is 25.5 Å². The van der Waals surface area contributed by atoms with Crippen LogP contribution in [0.2, 0.25) is 6.32 Å². The summed E-state index contributed by atoms with van der Waals surface area (Å²) in [5.41, 5.74) is 0.419. The summed E-state index contributed by atoms with van der Waals surface area (Å²) in [4.78, 5) is 11.0. The van der Waals surface area contributed by atoms with Gasteiger partial charge in [-0.3, -0.25) is 4.79 Å². The molecule has 0 amide bonds. The third-order valence-corrected chi connectivity index (χ3v) is 6.23. The Balaban J connectivity index is 1.66. The standard InChI is InChI=1S/C17H31BO5/c1-11-14-8-12(17(14,2)3)9-15(11)23-18(21)7-5-6-13(19)10-16(20)22-4/h11-15,19,21H,5-10H2,1-4H3/t11-,12+,13+,14-,15-/m1/s1. The molecular weight excluding hydrogens is 295 g/mol. The molecule has 3 saturated carbocycles. The van der Waals surface area contributed by atoms with Crippen molar-refractivity contribution in [1.29, 1.82) is 0 Å². The zero-order valence-corrected chi connectivity index (χ0v) is 14.8. The molecule has 3 aliphatic carbocycles. The Kier molecular flexibility index (Phi) is 6.14. The summed E-state index contributed by atoms with van der Waals surface area (Å²) >= 11 is 0. The van der Waals surface area contributed by atoms with Gasteiger partial charge in [0.15, 0.2) is 0 Å². The molecule has 6 heteroatoms. The third kappa shape index (κ3) is 4.28. The SMILES string of the molecule is COC(=O)C[C@@H](O)CCCB(O)O[C@@H]1C[C@@H]2C[C@H]([C@H]1C)C2(C)C. The van der Waals surface area contributed by atoms with E-state index in [9.17, 15) is 14.9 Å². The molecule has 2 N–H and O–H groups in total. The van der Waals surface area contributed by atoms with Crippen molar-refractivity contribution < 1.29 is 24.3 Å². The molecule has 0 aromatic carbocycles. The van der Waals surface area contributed by atoms with Gasteiger partial charge in [0.05, 0.1) is 19.6 Å². The first-order chi connectivity index (χ1) is 10.8. The second kappa shape index (κ2) is 7.54. The van der Waals surface area contributed by atoms with Crippen LogP contribution in [0.25, 0.3) is 0 Å². The van der Waals surface area contributed by atoms with E-state index >= 15 is 0 Å². The van der Waals surface area contributed by atoms with Crippen LogP contribution in [0.1, 0.15) is 52.9 Å². The minimum atomic E-state index is -0.784. The number of hydrogen-bond acceptors (Lipinski definition) is 5. The summed E-state index contributed by atoms with van der Waals surface area (Å²) in [6.45, 7) is 6.93. The maximum Gasteiger partial charge on any atom is 0.454 e. The Hall–Kier alpha value is -0.585. The number of hydrogen-bond donors (Lipinski definition) is 2. The number of aliphatic hydroxyl groups is 1. The molecule has 0 spiro atoms. The van der Waals surface area contributed by atoms with Gasteiger partial charge in [-0.1, -0.05) is 27.2 Å². The lowest BCUT2D eigenvalue weighted by molar-refractivity contribution is -0.150. The molecular formula is C17H31BO5. The van der Waals surface area contributed by atoms with E-state index < -0.39 is 19.2 Å². The largest absolute Gasteiger partial charge is 0.469 e. The van der Waals surface area contributed by atoms with Crippen molar-refractivity contribution in [2.45, 2.75) is 71.4 Å². The molecule has 2 bridgehead atoms. The van der Waals surface area contributed by atoms with E-state index in [1.807, 2.05) is 0 Å². The van der Waals surface area contributed by atoms with Gasteiger partial charge in [-0.05, 0) is 48.8 Å². The number of esters is 1. The van der Waals surface area contributed by atoms with E-state index in [1.54, 1.807) is 0 Å². The fourth-order valence-corrected chi connectivity index (χ4v) is 4.46. The van der Waals surface area contributed by atoms with Crippen molar-refractivity contribution in [2.24, 2.45) is 23.2 Å². The lowest BCUT2D eigenvalue weighted by Crippen LogP contribution is -2.58. The van der Waals surface area contributed by atoms with Crippen molar-refractivity contribution in [3.63, 3.8) is 0 Å². The van der Waals surface area contributed by atoms with Gasteiger partial charge in [-0.15, -0.1) is 0 Å². The highest BCUT2D eigenvalue weighted by molar-refractivity contribution is 6.42. The third-order valence-electron chi connectivity index (χ3n) is 6.23. The molecule has 5 nitrogen and oxygen atoms in total. The van der Waals surface area contributed by atoms with Gasteiger partial charge in [0.2, 0.25) is 0 Å². The second-order valence-electron chi connectivity index (χ2n) is 7.95. The maximum atomic E-state index is 11.0. The number of aliphatic hydroxyl groups excluding tert-OH is 1. The average molecular weight is 326 g/mol. The van der Waals surface area contributed by atoms with E-state index in [1.165, 1.54) is 13.5 Å². The number of ether oxygens (including phenoxy) is 1.